The molecule has 0 aromatic carbocycles. The molecule has 0 radical (unpaired) electrons. The molecule has 7 heteroatoms. The van der Waals surface area contributed by atoms with Crippen LogP contribution >= 0.6 is 0 Å². The summed E-state index contributed by atoms with van der Waals surface area (Å²) in [6, 6.07) is 1.28. The van der Waals surface area contributed by atoms with Gasteiger partial charge in [0.25, 0.3) is 10.0 Å². The Hall–Kier alpha value is -0.920. The Labute approximate surface area is 63.5 Å². The second-order valence-corrected chi connectivity index (χ2v) is 3.53. The van der Waals surface area contributed by atoms with Crippen LogP contribution in [0.5, 0.6) is 0 Å². The van der Waals surface area contributed by atoms with Crippen molar-refractivity contribution in [3.8, 4) is 0 Å². The van der Waals surface area contributed by atoms with Crippen molar-refractivity contribution in [2.45, 2.75) is 5.03 Å². The first-order valence-electron chi connectivity index (χ1n) is 2.72. The molecule has 0 atom stereocenters. The average Bonchev–Trinajstić information content (AvgIpc) is 2.36. The first kappa shape index (κ1) is 8.18. The molecule has 0 saturated carbocycles. The van der Waals surface area contributed by atoms with Gasteiger partial charge < -0.3 is 5.21 Å². The van der Waals surface area contributed by atoms with Crippen molar-refractivity contribution >= 4 is 10.0 Å². The van der Waals surface area contributed by atoms with Crippen LogP contribution in [0, 0.1) is 0 Å². The van der Waals surface area contributed by atoms with Crippen LogP contribution in [0.15, 0.2) is 17.3 Å². The van der Waals surface area contributed by atoms with E-state index in [2.05, 4.69) is 5.10 Å². The Morgan fingerprint density at radius 1 is 1.73 bits per heavy atom. The van der Waals surface area contributed by atoms with Gasteiger partial charge in [0.2, 0.25) is 0 Å². The Morgan fingerprint density at radius 3 is 2.73 bits per heavy atom. The molecule has 1 aromatic heterocycles. The summed E-state index contributed by atoms with van der Waals surface area (Å²) in [5.41, 5.74) is 0. The maximum absolute atomic E-state index is 10.8. The zero-order chi connectivity index (χ0) is 8.48. The lowest BCUT2D eigenvalue weighted by Crippen LogP contribution is -2.19. The first-order valence-corrected chi connectivity index (χ1v) is 4.20. The molecule has 0 unspecified atom stereocenters. The average molecular weight is 177 g/mol. The third kappa shape index (κ3) is 1.56. The van der Waals surface area contributed by atoms with Gasteiger partial charge in [-0.15, -0.1) is 0 Å². The zero-order valence-corrected chi connectivity index (χ0v) is 6.54. The number of rotatable bonds is 2. The van der Waals surface area contributed by atoms with Crippen LogP contribution in [-0.2, 0) is 17.1 Å². The van der Waals surface area contributed by atoms with Crippen molar-refractivity contribution in [3.63, 3.8) is 0 Å². The Balaban J connectivity index is 3.13. The summed E-state index contributed by atoms with van der Waals surface area (Å²) in [6.07, 6.45) is 1.46. The minimum Gasteiger partial charge on any atom is -0.302 e. The zero-order valence-electron chi connectivity index (χ0n) is 5.72. The summed E-state index contributed by atoms with van der Waals surface area (Å²) in [6.45, 7) is 0. The van der Waals surface area contributed by atoms with Crippen LogP contribution in [0.2, 0.25) is 0 Å². The van der Waals surface area contributed by atoms with Gasteiger partial charge >= 0.3 is 0 Å². The van der Waals surface area contributed by atoms with Gasteiger partial charge in [0.1, 0.15) is 0 Å². The lowest BCUT2D eigenvalue weighted by atomic mass is 10.7. The van der Waals surface area contributed by atoms with E-state index >= 15 is 0 Å². The number of aryl methyl sites for hydroxylation is 1. The summed E-state index contributed by atoms with van der Waals surface area (Å²) < 4.78 is 22.9. The number of nitrogens with one attached hydrogen (secondary N) is 1. The molecule has 11 heavy (non-hydrogen) atoms. The molecule has 0 fully saturated rings. The van der Waals surface area contributed by atoms with Gasteiger partial charge in [-0.3, -0.25) is 4.68 Å². The van der Waals surface area contributed by atoms with Crippen LogP contribution < -0.4 is 4.89 Å². The molecular formula is C4H7N3O3S. The lowest BCUT2D eigenvalue weighted by Gasteiger charge is -1.93. The summed E-state index contributed by atoms with van der Waals surface area (Å²) in [5.74, 6) is 0. The normalized spacial score (nSPS) is 11.8. The van der Waals surface area contributed by atoms with Crippen molar-refractivity contribution in [2.75, 3.05) is 0 Å². The largest absolute Gasteiger partial charge is 0.302 e. The summed E-state index contributed by atoms with van der Waals surface area (Å²) in [7, 11) is -2.22. The summed E-state index contributed by atoms with van der Waals surface area (Å²) in [4.78, 5) is 1.17. The highest BCUT2D eigenvalue weighted by Crippen LogP contribution is 2.01. The van der Waals surface area contributed by atoms with Gasteiger partial charge in [0.05, 0.1) is 0 Å². The Bertz CT molecular complexity index is 341. The molecule has 0 aliphatic heterocycles. The lowest BCUT2D eigenvalue weighted by molar-refractivity contribution is 0.242. The number of sulfonamides is 1. The van der Waals surface area contributed by atoms with Crippen molar-refractivity contribution in [2.24, 2.45) is 7.05 Å². The molecule has 1 aromatic rings. The summed E-state index contributed by atoms with van der Waals surface area (Å²) in [5, 5.41) is 11.5. The van der Waals surface area contributed by atoms with Crippen molar-refractivity contribution in [1.82, 2.24) is 14.7 Å². The molecule has 62 valence electrons. The van der Waals surface area contributed by atoms with E-state index in [1.807, 2.05) is 0 Å². The fraction of sp³-hybridized carbons (Fsp3) is 0.250. The molecule has 1 rings (SSSR count). The quantitative estimate of drug-likeness (QED) is 0.572. The Morgan fingerprint density at radius 2 is 2.36 bits per heavy atom. The van der Waals surface area contributed by atoms with E-state index in [-0.39, 0.29) is 5.03 Å². The van der Waals surface area contributed by atoms with Gasteiger partial charge in [0.15, 0.2) is 5.03 Å². The monoisotopic (exact) mass is 177 g/mol. The number of aromatic nitrogens is 2. The minimum atomic E-state index is -3.80. The van der Waals surface area contributed by atoms with Gasteiger partial charge in [-0.2, -0.15) is 5.10 Å². The molecule has 0 aliphatic rings. The van der Waals surface area contributed by atoms with Crippen LogP contribution in [-0.4, -0.2) is 23.4 Å². The van der Waals surface area contributed by atoms with Crippen LogP contribution in [0.25, 0.3) is 0 Å². The van der Waals surface area contributed by atoms with E-state index in [9.17, 15) is 8.42 Å². The minimum absolute atomic E-state index is 0.206. The highest BCUT2D eigenvalue weighted by molar-refractivity contribution is 7.89. The van der Waals surface area contributed by atoms with Gasteiger partial charge in [0, 0.05) is 13.2 Å². The molecule has 2 N–H and O–H groups in total. The van der Waals surface area contributed by atoms with E-state index < -0.39 is 10.0 Å². The smallest absolute Gasteiger partial charge is 0.281 e. The SMILES string of the molecule is Cn1ccc(S(=O)(=O)NO)n1. The third-order valence-corrected chi connectivity index (χ3v) is 2.09. The van der Waals surface area contributed by atoms with E-state index in [0.717, 1.165) is 0 Å². The number of hydrogen-bond donors (Lipinski definition) is 2. The van der Waals surface area contributed by atoms with Crippen molar-refractivity contribution < 1.29 is 13.6 Å². The van der Waals surface area contributed by atoms with Gasteiger partial charge in [-0.25, -0.2) is 8.42 Å². The van der Waals surface area contributed by atoms with Crippen LogP contribution in [0.4, 0.5) is 0 Å². The fourth-order valence-electron chi connectivity index (χ4n) is 0.584. The number of nitrogens with zero attached hydrogens (tertiary/aromatic N) is 2. The molecule has 1 heterocycles. The predicted octanol–water partition coefficient (Wildman–Crippen LogP) is -0.912. The van der Waals surface area contributed by atoms with Crippen LogP contribution in [0.1, 0.15) is 0 Å². The summed E-state index contributed by atoms with van der Waals surface area (Å²) >= 11 is 0. The van der Waals surface area contributed by atoms with Gasteiger partial charge in [-0.05, 0) is 6.07 Å². The van der Waals surface area contributed by atoms with E-state index in [0.29, 0.717) is 0 Å². The molecule has 6 nitrogen and oxygen atoms in total. The van der Waals surface area contributed by atoms with E-state index in [1.54, 1.807) is 7.05 Å². The Kier molecular flexibility index (Phi) is 1.94. The van der Waals surface area contributed by atoms with E-state index in [1.165, 1.54) is 21.8 Å². The standard InChI is InChI=1S/C4H7N3O3S/c1-7-3-2-4(5-7)11(9,10)6-8/h2-3,6,8H,1H3. The number of hydrogen-bond acceptors (Lipinski definition) is 4. The van der Waals surface area contributed by atoms with Crippen molar-refractivity contribution in [3.05, 3.63) is 12.3 Å². The molecule has 0 bridgehead atoms. The maximum Gasteiger partial charge on any atom is 0.281 e. The molecule has 0 spiro atoms. The predicted molar refractivity (Wildman–Crippen MR) is 35.3 cm³/mol. The fourth-order valence-corrected chi connectivity index (χ4v) is 1.15. The molecule has 0 saturated heterocycles. The van der Waals surface area contributed by atoms with E-state index in [4.69, 9.17) is 5.21 Å². The second-order valence-electron chi connectivity index (χ2n) is 1.92. The van der Waals surface area contributed by atoms with Crippen LogP contribution in [0.3, 0.4) is 0 Å². The molecular weight excluding hydrogens is 170 g/mol. The molecule has 0 amide bonds. The highest BCUT2D eigenvalue weighted by atomic mass is 32.2. The second kappa shape index (κ2) is 2.61. The van der Waals surface area contributed by atoms with Crippen molar-refractivity contribution in [1.29, 1.82) is 0 Å². The highest BCUT2D eigenvalue weighted by Gasteiger charge is 2.14. The first-order chi connectivity index (χ1) is 5.06. The van der Waals surface area contributed by atoms with Gasteiger partial charge in [-0.1, -0.05) is 4.89 Å². The molecule has 0 aliphatic carbocycles. The maximum atomic E-state index is 10.8. The topological polar surface area (TPSA) is 84.2 Å². The third-order valence-electron chi connectivity index (χ3n) is 1.08.